The van der Waals surface area contributed by atoms with Crippen molar-refractivity contribution >= 4 is 23.0 Å². The number of pyridine rings is 1. The van der Waals surface area contributed by atoms with Crippen molar-refractivity contribution in [2.75, 3.05) is 17.7 Å². The summed E-state index contributed by atoms with van der Waals surface area (Å²) in [5.41, 5.74) is 4.14. The van der Waals surface area contributed by atoms with Crippen LogP contribution in [0.5, 0.6) is 5.75 Å². The van der Waals surface area contributed by atoms with Gasteiger partial charge in [-0.3, -0.25) is 9.78 Å². The van der Waals surface area contributed by atoms with Gasteiger partial charge in [-0.1, -0.05) is 31.2 Å². The minimum absolute atomic E-state index is 0.224. The summed E-state index contributed by atoms with van der Waals surface area (Å²) in [5, 5.41) is 6.20. The average molecular weight is 347 g/mol. The number of carbonyl (C=O) groups is 1. The predicted octanol–water partition coefficient (Wildman–Crippen LogP) is 4.65. The third-order valence-corrected chi connectivity index (χ3v) is 4.01. The number of hydrogen-bond donors (Lipinski definition) is 2. The first-order valence-electron chi connectivity index (χ1n) is 8.45. The molecule has 1 amide bonds. The Balaban J connectivity index is 1.77. The maximum Gasteiger partial charge on any atom is 0.257 e. The zero-order valence-corrected chi connectivity index (χ0v) is 14.8. The Labute approximate surface area is 153 Å². The van der Waals surface area contributed by atoms with Crippen molar-refractivity contribution in [3.05, 3.63) is 78.1 Å². The minimum atomic E-state index is -0.224. The molecule has 0 aliphatic carbocycles. The van der Waals surface area contributed by atoms with Crippen LogP contribution in [0, 0.1) is 0 Å². The molecule has 1 heterocycles. The number of nitrogens with zero attached hydrogens (tertiary/aromatic N) is 1. The van der Waals surface area contributed by atoms with Crippen molar-refractivity contribution in [3.63, 3.8) is 0 Å². The van der Waals surface area contributed by atoms with Gasteiger partial charge in [0.15, 0.2) is 0 Å². The Morgan fingerprint density at radius 1 is 1.04 bits per heavy atom. The van der Waals surface area contributed by atoms with Gasteiger partial charge >= 0.3 is 0 Å². The van der Waals surface area contributed by atoms with Crippen LogP contribution in [0.25, 0.3) is 0 Å². The fraction of sp³-hybridized carbons (Fsp3) is 0.143. The maximum absolute atomic E-state index is 12.5. The van der Waals surface area contributed by atoms with E-state index in [4.69, 9.17) is 4.74 Å². The number of amides is 1. The second-order valence-electron chi connectivity index (χ2n) is 5.78. The van der Waals surface area contributed by atoms with Gasteiger partial charge in [0, 0.05) is 23.6 Å². The largest absolute Gasteiger partial charge is 0.497 e. The zero-order chi connectivity index (χ0) is 18.4. The standard InChI is InChI=1S/C21H21N3O2/c1-3-15-7-4-5-10-20(15)23-18-11-16(13-22-14-18)21(25)24-17-8-6-9-19(12-17)26-2/h4-14,23H,3H2,1-2H3,(H,24,25). The molecule has 3 rings (SSSR count). The van der Waals surface area contributed by atoms with Crippen LogP contribution in [-0.4, -0.2) is 18.0 Å². The van der Waals surface area contributed by atoms with Gasteiger partial charge in [0.2, 0.25) is 0 Å². The highest BCUT2D eigenvalue weighted by atomic mass is 16.5. The second kappa shape index (κ2) is 8.16. The zero-order valence-electron chi connectivity index (χ0n) is 14.8. The summed E-state index contributed by atoms with van der Waals surface area (Å²) in [6, 6.07) is 17.1. The molecular formula is C21H21N3O2. The topological polar surface area (TPSA) is 63.2 Å². The van der Waals surface area contributed by atoms with E-state index >= 15 is 0 Å². The van der Waals surface area contributed by atoms with Gasteiger partial charge in [-0.25, -0.2) is 0 Å². The first-order chi connectivity index (χ1) is 12.7. The van der Waals surface area contributed by atoms with E-state index in [1.54, 1.807) is 31.6 Å². The summed E-state index contributed by atoms with van der Waals surface area (Å²) in [4.78, 5) is 16.7. The van der Waals surface area contributed by atoms with E-state index in [1.165, 1.54) is 5.56 Å². The maximum atomic E-state index is 12.5. The van der Waals surface area contributed by atoms with Crippen molar-refractivity contribution in [2.45, 2.75) is 13.3 Å². The Hall–Kier alpha value is -3.34. The molecule has 26 heavy (non-hydrogen) atoms. The summed E-state index contributed by atoms with van der Waals surface area (Å²) in [7, 11) is 1.59. The van der Waals surface area contributed by atoms with Crippen LogP contribution in [0.1, 0.15) is 22.8 Å². The molecule has 5 nitrogen and oxygen atoms in total. The number of aryl methyl sites for hydroxylation is 1. The first kappa shape index (κ1) is 17.5. The van der Waals surface area contributed by atoms with E-state index in [1.807, 2.05) is 36.4 Å². The summed E-state index contributed by atoms with van der Waals surface area (Å²) < 4.78 is 5.18. The van der Waals surface area contributed by atoms with Crippen LogP contribution >= 0.6 is 0 Å². The normalized spacial score (nSPS) is 10.2. The third-order valence-electron chi connectivity index (χ3n) is 4.01. The van der Waals surface area contributed by atoms with Crippen molar-refractivity contribution in [2.24, 2.45) is 0 Å². The second-order valence-corrected chi connectivity index (χ2v) is 5.78. The van der Waals surface area contributed by atoms with E-state index in [2.05, 4.69) is 28.6 Å². The molecule has 1 aromatic heterocycles. The fourth-order valence-electron chi connectivity index (χ4n) is 2.64. The van der Waals surface area contributed by atoms with Crippen molar-refractivity contribution in [1.29, 1.82) is 0 Å². The van der Waals surface area contributed by atoms with Gasteiger partial charge in [-0.15, -0.1) is 0 Å². The number of methoxy groups -OCH3 is 1. The molecule has 0 unspecified atom stereocenters. The quantitative estimate of drug-likeness (QED) is 0.681. The number of rotatable bonds is 6. The molecule has 0 atom stereocenters. The third kappa shape index (κ3) is 4.19. The molecule has 0 bridgehead atoms. The molecule has 0 fully saturated rings. The Kier molecular flexibility index (Phi) is 5.49. The molecule has 0 aliphatic heterocycles. The number of para-hydroxylation sites is 1. The van der Waals surface area contributed by atoms with E-state index < -0.39 is 0 Å². The van der Waals surface area contributed by atoms with E-state index in [-0.39, 0.29) is 5.91 Å². The highest BCUT2D eigenvalue weighted by Crippen LogP contribution is 2.22. The number of ether oxygens (including phenoxy) is 1. The van der Waals surface area contributed by atoms with Crippen LogP contribution < -0.4 is 15.4 Å². The van der Waals surface area contributed by atoms with E-state index in [0.717, 1.165) is 17.8 Å². The molecule has 0 radical (unpaired) electrons. The van der Waals surface area contributed by atoms with E-state index in [9.17, 15) is 4.79 Å². The van der Waals surface area contributed by atoms with Gasteiger partial charge < -0.3 is 15.4 Å². The molecule has 5 heteroatoms. The highest BCUT2D eigenvalue weighted by Gasteiger charge is 2.09. The summed E-state index contributed by atoms with van der Waals surface area (Å²) in [5.74, 6) is 0.464. The average Bonchev–Trinajstić information content (AvgIpc) is 2.69. The number of aromatic nitrogens is 1. The fourth-order valence-corrected chi connectivity index (χ4v) is 2.64. The van der Waals surface area contributed by atoms with Crippen LogP contribution in [0.2, 0.25) is 0 Å². The summed E-state index contributed by atoms with van der Waals surface area (Å²) in [6.07, 6.45) is 4.17. The Bertz CT molecular complexity index is 909. The number of carbonyl (C=O) groups excluding carboxylic acids is 1. The lowest BCUT2D eigenvalue weighted by molar-refractivity contribution is 0.102. The highest BCUT2D eigenvalue weighted by molar-refractivity contribution is 6.04. The van der Waals surface area contributed by atoms with Crippen LogP contribution in [0.15, 0.2) is 67.0 Å². The van der Waals surface area contributed by atoms with Crippen LogP contribution in [0.4, 0.5) is 17.1 Å². The van der Waals surface area contributed by atoms with Gasteiger partial charge in [0.1, 0.15) is 5.75 Å². The van der Waals surface area contributed by atoms with Gasteiger partial charge in [-0.2, -0.15) is 0 Å². The Morgan fingerprint density at radius 2 is 1.88 bits per heavy atom. The lowest BCUT2D eigenvalue weighted by atomic mass is 10.1. The van der Waals surface area contributed by atoms with Gasteiger partial charge in [-0.05, 0) is 36.2 Å². The monoisotopic (exact) mass is 347 g/mol. The van der Waals surface area contributed by atoms with Crippen LogP contribution in [-0.2, 0) is 6.42 Å². The van der Waals surface area contributed by atoms with E-state index in [0.29, 0.717) is 17.0 Å². The van der Waals surface area contributed by atoms with Crippen LogP contribution in [0.3, 0.4) is 0 Å². The lowest BCUT2D eigenvalue weighted by Crippen LogP contribution is -2.12. The van der Waals surface area contributed by atoms with Crippen molar-refractivity contribution < 1.29 is 9.53 Å². The predicted molar refractivity (Wildman–Crippen MR) is 104 cm³/mol. The number of benzene rings is 2. The molecule has 2 N–H and O–H groups in total. The number of hydrogen-bond acceptors (Lipinski definition) is 4. The van der Waals surface area contributed by atoms with Gasteiger partial charge in [0.25, 0.3) is 5.91 Å². The molecule has 0 saturated carbocycles. The van der Waals surface area contributed by atoms with Crippen molar-refractivity contribution in [3.8, 4) is 5.75 Å². The van der Waals surface area contributed by atoms with Crippen molar-refractivity contribution in [1.82, 2.24) is 4.98 Å². The number of nitrogens with one attached hydrogen (secondary N) is 2. The Morgan fingerprint density at radius 3 is 2.69 bits per heavy atom. The summed E-state index contributed by atoms with van der Waals surface area (Å²) >= 11 is 0. The minimum Gasteiger partial charge on any atom is -0.497 e. The molecule has 2 aromatic carbocycles. The SMILES string of the molecule is CCc1ccccc1Nc1cncc(C(=O)Nc2cccc(OC)c2)c1. The molecule has 0 saturated heterocycles. The molecule has 0 spiro atoms. The number of anilines is 3. The molecule has 3 aromatic rings. The lowest BCUT2D eigenvalue weighted by Gasteiger charge is -2.12. The summed E-state index contributed by atoms with van der Waals surface area (Å²) in [6.45, 7) is 2.11. The molecule has 0 aliphatic rings. The molecular weight excluding hydrogens is 326 g/mol. The molecule has 132 valence electrons. The van der Waals surface area contributed by atoms with Gasteiger partial charge in [0.05, 0.1) is 24.6 Å². The smallest absolute Gasteiger partial charge is 0.257 e. The first-order valence-corrected chi connectivity index (χ1v) is 8.45.